The van der Waals surface area contributed by atoms with E-state index in [-0.39, 0.29) is 0 Å². The summed E-state index contributed by atoms with van der Waals surface area (Å²) in [7, 11) is 0. The third kappa shape index (κ3) is 2.13. The van der Waals surface area contributed by atoms with Crippen molar-refractivity contribution in [1.29, 1.82) is 0 Å². The molecule has 0 amide bonds. The predicted molar refractivity (Wildman–Crippen MR) is 81.6 cm³/mol. The molecule has 3 aromatic rings. The van der Waals surface area contributed by atoms with Crippen molar-refractivity contribution in [3.05, 3.63) is 53.6 Å². The molecule has 0 aliphatic heterocycles. The second kappa shape index (κ2) is 4.96. The highest BCUT2D eigenvalue weighted by molar-refractivity contribution is 5.79. The number of nitrogen functional groups attached to an aromatic ring is 1. The molecule has 0 atom stereocenters. The van der Waals surface area contributed by atoms with Gasteiger partial charge in [-0.05, 0) is 42.3 Å². The lowest BCUT2D eigenvalue weighted by atomic mass is 10.1. The average Bonchev–Trinajstić information content (AvgIpc) is 2.78. The zero-order valence-electron chi connectivity index (χ0n) is 11.8. The van der Waals surface area contributed by atoms with Crippen LogP contribution >= 0.6 is 0 Å². The number of nitrogens with zero attached hydrogens (tertiary/aromatic N) is 3. The van der Waals surface area contributed by atoms with Gasteiger partial charge in [0.2, 0.25) is 0 Å². The largest absolute Gasteiger partial charge is 0.399 e. The van der Waals surface area contributed by atoms with Crippen LogP contribution in [0.15, 0.2) is 36.7 Å². The normalized spacial score (nSPS) is 11.1. The van der Waals surface area contributed by atoms with Crippen molar-refractivity contribution in [2.75, 3.05) is 5.73 Å². The summed E-state index contributed by atoms with van der Waals surface area (Å²) in [6.07, 6.45) is 4.65. The quantitative estimate of drug-likeness (QED) is 0.741. The van der Waals surface area contributed by atoms with E-state index in [1.54, 1.807) is 0 Å². The van der Waals surface area contributed by atoms with Crippen molar-refractivity contribution in [2.24, 2.45) is 0 Å². The third-order valence-electron chi connectivity index (χ3n) is 3.64. The molecule has 0 unspecified atom stereocenters. The summed E-state index contributed by atoms with van der Waals surface area (Å²) in [6.45, 7) is 5.03. The monoisotopic (exact) mass is 266 g/mol. The minimum absolute atomic E-state index is 0.752. The standard InChI is InChI=1S/C16H18N4/c1-3-16-19-14-8-13(17)4-5-15(14)20(16)10-12-9-18-7-6-11(12)2/h4-9H,3,10,17H2,1-2H3. The molecule has 3 rings (SSSR count). The first-order chi connectivity index (χ1) is 9.69. The molecule has 0 saturated carbocycles. The van der Waals surface area contributed by atoms with Gasteiger partial charge in [-0.3, -0.25) is 4.98 Å². The second-order valence-electron chi connectivity index (χ2n) is 5.02. The zero-order chi connectivity index (χ0) is 14.1. The Kier molecular flexibility index (Phi) is 3.14. The average molecular weight is 266 g/mol. The smallest absolute Gasteiger partial charge is 0.109 e. The number of pyridine rings is 1. The van der Waals surface area contributed by atoms with Crippen molar-refractivity contribution in [1.82, 2.24) is 14.5 Å². The minimum Gasteiger partial charge on any atom is -0.399 e. The summed E-state index contributed by atoms with van der Waals surface area (Å²) in [4.78, 5) is 8.90. The number of aromatic nitrogens is 3. The molecule has 0 fully saturated rings. The number of imidazole rings is 1. The van der Waals surface area contributed by atoms with Gasteiger partial charge in [-0.15, -0.1) is 0 Å². The van der Waals surface area contributed by atoms with E-state index in [1.807, 2.05) is 36.7 Å². The van der Waals surface area contributed by atoms with Gasteiger partial charge in [-0.1, -0.05) is 6.92 Å². The van der Waals surface area contributed by atoms with E-state index in [0.717, 1.165) is 35.5 Å². The molecule has 102 valence electrons. The first-order valence-corrected chi connectivity index (χ1v) is 6.83. The Hall–Kier alpha value is -2.36. The van der Waals surface area contributed by atoms with Crippen molar-refractivity contribution >= 4 is 16.7 Å². The molecule has 4 nitrogen and oxygen atoms in total. The number of anilines is 1. The zero-order valence-corrected chi connectivity index (χ0v) is 11.8. The topological polar surface area (TPSA) is 56.7 Å². The molecule has 2 aromatic heterocycles. The van der Waals surface area contributed by atoms with Crippen LogP contribution in [0.25, 0.3) is 11.0 Å². The Labute approximate surface area is 118 Å². The van der Waals surface area contributed by atoms with Gasteiger partial charge in [0.25, 0.3) is 0 Å². The van der Waals surface area contributed by atoms with E-state index in [9.17, 15) is 0 Å². The lowest BCUT2D eigenvalue weighted by Gasteiger charge is -2.10. The fourth-order valence-corrected chi connectivity index (χ4v) is 2.48. The van der Waals surface area contributed by atoms with Crippen molar-refractivity contribution in [2.45, 2.75) is 26.8 Å². The fourth-order valence-electron chi connectivity index (χ4n) is 2.48. The van der Waals surface area contributed by atoms with Gasteiger partial charge in [0.1, 0.15) is 5.82 Å². The number of rotatable bonds is 3. The molecule has 4 heteroatoms. The number of fused-ring (bicyclic) bond motifs is 1. The lowest BCUT2D eigenvalue weighted by Crippen LogP contribution is -2.06. The Balaban J connectivity index is 2.12. The number of hydrogen-bond donors (Lipinski definition) is 1. The highest BCUT2D eigenvalue weighted by Gasteiger charge is 2.11. The molecular weight excluding hydrogens is 248 g/mol. The van der Waals surface area contributed by atoms with Gasteiger partial charge >= 0.3 is 0 Å². The number of benzene rings is 1. The first-order valence-electron chi connectivity index (χ1n) is 6.83. The van der Waals surface area contributed by atoms with E-state index in [1.165, 1.54) is 11.1 Å². The highest BCUT2D eigenvalue weighted by Crippen LogP contribution is 2.21. The van der Waals surface area contributed by atoms with Gasteiger partial charge in [0.05, 0.1) is 17.6 Å². The highest BCUT2D eigenvalue weighted by atomic mass is 15.1. The number of hydrogen-bond acceptors (Lipinski definition) is 3. The van der Waals surface area contributed by atoms with Gasteiger partial charge in [0.15, 0.2) is 0 Å². The van der Waals surface area contributed by atoms with Crippen LogP contribution < -0.4 is 5.73 Å². The van der Waals surface area contributed by atoms with Crippen LogP contribution in [0.5, 0.6) is 0 Å². The maximum Gasteiger partial charge on any atom is 0.109 e. The third-order valence-corrected chi connectivity index (χ3v) is 3.64. The molecule has 0 aliphatic carbocycles. The van der Waals surface area contributed by atoms with Crippen LogP contribution in [0.3, 0.4) is 0 Å². The van der Waals surface area contributed by atoms with Crippen LogP contribution in [0, 0.1) is 6.92 Å². The molecule has 1 aromatic carbocycles. The van der Waals surface area contributed by atoms with Gasteiger partial charge in [-0.25, -0.2) is 4.98 Å². The number of nitrogens with two attached hydrogens (primary N) is 1. The minimum atomic E-state index is 0.752. The SMILES string of the molecule is CCc1nc2cc(N)ccc2n1Cc1cnccc1C. The molecular formula is C16H18N4. The van der Waals surface area contributed by atoms with Crippen LogP contribution in [-0.2, 0) is 13.0 Å². The fraction of sp³-hybridized carbons (Fsp3) is 0.250. The van der Waals surface area contributed by atoms with E-state index >= 15 is 0 Å². The molecule has 2 N–H and O–H groups in total. The van der Waals surface area contributed by atoms with E-state index in [0.29, 0.717) is 0 Å². The molecule has 0 spiro atoms. The van der Waals surface area contributed by atoms with Gasteiger partial charge in [0, 0.05) is 24.5 Å². The molecule has 0 radical (unpaired) electrons. The second-order valence-corrected chi connectivity index (χ2v) is 5.02. The van der Waals surface area contributed by atoms with Gasteiger partial charge in [-0.2, -0.15) is 0 Å². The van der Waals surface area contributed by atoms with Crippen LogP contribution in [0.4, 0.5) is 5.69 Å². The summed E-state index contributed by atoms with van der Waals surface area (Å²) in [5.74, 6) is 1.08. The van der Waals surface area contributed by atoms with Crippen LogP contribution in [0.1, 0.15) is 23.9 Å². The molecule has 0 saturated heterocycles. The Bertz CT molecular complexity index is 758. The number of aryl methyl sites for hydroxylation is 2. The van der Waals surface area contributed by atoms with E-state index < -0.39 is 0 Å². The molecule has 2 heterocycles. The summed E-state index contributed by atoms with van der Waals surface area (Å²) >= 11 is 0. The summed E-state index contributed by atoms with van der Waals surface area (Å²) < 4.78 is 2.25. The summed E-state index contributed by atoms with van der Waals surface area (Å²) in [6, 6.07) is 7.94. The summed E-state index contributed by atoms with van der Waals surface area (Å²) in [5.41, 5.74) is 11.2. The molecule has 0 bridgehead atoms. The predicted octanol–water partition coefficient (Wildman–Crippen LogP) is 2.93. The van der Waals surface area contributed by atoms with Crippen LogP contribution in [-0.4, -0.2) is 14.5 Å². The molecule has 0 aliphatic rings. The Morgan fingerprint density at radius 2 is 2.10 bits per heavy atom. The Morgan fingerprint density at radius 3 is 2.85 bits per heavy atom. The maximum atomic E-state index is 5.84. The summed E-state index contributed by atoms with van der Waals surface area (Å²) in [5, 5.41) is 0. The maximum absolute atomic E-state index is 5.84. The van der Waals surface area contributed by atoms with Crippen LogP contribution in [0.2, 0.25) is 0 Å². The Morgan fingerprint density at radius 1 is 1.25 bits per heavy atom. The van der Waals surface area contributed by atoms with Crippen molar-refractivity contribution in [3.63, 3.8) is 0 Å². The first kappa shape index (κ1) is 12.7. The van der Waals surface area contributed by atoms with E-state index in [2.05, 4.69) is 28.4 Å². The molecule has 20 heavy (non-hydrogen) atoms. The van der Waals surface area contributed by atoms with Gasteiger partial charge < -0.3 is 10.3 Å². The lowest BCUT2D eigenvalue weighted by molar-refractivity contribution is 0.747. The van der Waals surface area contributed by atoms with E-state index in [4.69, 9.17) is 5.73 Å². The van der Waals surface area contributed by atoms with Crippen molar-refractivity contribution in [3.8, 4) is 0 Å². The van der Waals surface area contributed by atoms with Crippen molar-refractivity contribution < 1.29 is 0 Å².